The summed E-state index contributed by atoms with van der Waals surface area (Å²) in [4.78, 5) is 40.3. The van der Waals surface area contributed by atoms with E-state index in [4.69, 9.17) is 27.2 Å². The Hall–Kier alpha value is -3.43. The van der Waals surface area contributed by atoms with Crippen molar-refractivity contribution in [3.05, 3.63) is 64.6 Å². The van der Waals surface area contributed by atoms with Crippen LogP contribution >= 0.6 is 11.6 Å². The second-order valence-electron chi connectivity index (χ2n) is 9.62. The summed E-state index contributed by atoms with van der Waals surface area (Å²) in [5.74, 6) is 0.0917. The lowest BCUT2D eigenvalue weighted by atomic mass is 9.99. The van der Waals surface area contributed by atoms with Gasteiger partial charge in [-0.1, -0.05) is 23.7 Å². The number of carbonyl (C=O) groups excluding carboxylic acids is 3. The van der Waals surface area contributed by atoms with Crippen molar-refractivity contribution < 1.29 is 28.6 Å². The molecule has 2 fully saturated rings. The molecule has 0 spiro atoms. The van der Waals surface area contributed by atoms with Crippen LogP contribution in [0.3, 0.4) is 0 Å². The third-order valence-corrected chi connectivity index (χ3v) is 7.56. The Kier molecular flexibility index (Phi) is 6.92. The predicted octanol–water partition coefficient (Wildman–Crippen LogP) is 3.32. The van der Waals surface area contributed by atoms with Crippen molar-refractivity contribution in [2.75, 3.05) is 19.8 Å². The molecule has 1 aromatic heterocycles. The summed E-state index contributed by atoms with van der Waals surface area (Å²) in [6.07, 6.45) is 2.74. The van der Waals surface area contributed by atoms with Gasteiger partial charge in [-0.25, -0.2) is 9.18 Å². The number of piperidine rings is 1. The number of rotatable bonds is 9. The van der Waals surface area contributed by atoms with E-state index < -0.39 is 17.9 Å². The fourth-order valence-electron chi connectivity index (χ4n) is 5.40. The number of benzene rings is 2. The van der Waals surface area contributed by atoms with E-state index in [0.717, 1.165) is 6.42 Å². The molecule has 2 amide bonds. The highest BCUT2D eigenvalue weighted by Gasteiger charge is 2.56. The van der Waals surface area contributed by atoms with E-state index in [1.165, 1.54) is 16.8 Å². The lowest BCUT2D eigenvalue weighted by Gasteiger charge is -2.26. The maximum atomic E-state index is 14.3. The minimum Gasteiger partial charge on any atom is -0.491 e. The van der Waals surface area contributed by atoms with Crippen molar-refractivity contribution >= 4 is 40.2 Å². The number of aromatic nitrogens is 1. The van der Waals surface area contributed by atoms with Gasteiger partial charge < -0.3 is 20.5 Å². The summed E-state index contributed by atoms with van der Waals surface area (Å²) in [6.45, 7) is 0.461. The highest BCUT2D eigenvalue weighted by atomic mass is 35.5. The second-order valence-corrected chi connectivity index (χ2v) is 10.0. The van der Waals surface area contributed by atoms with Gasteiger partial charge in [-0.2, -0.15) is 0 Å². The van der Waals surface area contributed by atoms with E-state index in [1.807, 2.05) is 0 Å². The first-order valence-corrected chi connectivity index (χ1v) is 12.6. The fraction of sp³-hybridized carbons (Fsp3) is 0.370. The lowest BCUT2D eigenvalue weighted by Crippen LogP contribution is -2.44. The summed E-state index contributed by atoms with van der Waals surface area (Å²) in [7, 11) is 0. The molecule has 5 rings (SSSR count). The van der Waals surface area contributed by atoms with Crippen LogP contribution in [0.15, 0.2) is 42.6 Å². The molecule has 1 aliphatic heterocycles. The minimum atomic E-state index is -0.684. The number of aliphatic hydroxyl groups excluding tert-OH is 1. The van der Waals surface area contributed by atoms with Crippen molar-refractivity contribution in [1.29, 1.82) is 0 Å². The number of hydrogen-bond donors (Lipinski definition) is 2. The van der Waals surface area contributed by atoms with Gasteiger partial charge in [-0.15, -0.1) is 0 Å². The lowest BCUT2D eigenvalue weighted by molar-refractivity contribution is -0.138. The number of halogens is 2. The Morgan fingerprint density at radius 2 is 2.00 bits per heavy atom. The molecular weight excluding hydrogens is 501 g/mol. The Morgan fingerprint density at radius 1 is 1.19 bits per heavy atom. The van der Waals surface area contributed by atoms with Crippen LogP contribution in [0.4, 0.5) is 9.18 Å². The van der Waals surface area contributed by atoms with Gasteiger partial charge in [0.15, 0.2) is 5.78 Å². The van der Waals surface area contributed by atoms with E-state index in [2.05, 4.69) is 0 Å². The van der Waals surface area contributed by atoms with Crippen LogP contribution in [-0.2, 0) is 22.4 Å². The number of nitrogens with zero attached hydrogens (tertiary/aromatic N) is 2. The summed E-state index contributed by atoms with van der Waals surface area (Å²) >= 11 is 5.86. The standard InChI is InChI=1S/C27H27ClFN3O5/c28-21-3-1-2-15(25(21)29)4-7-23(34)26-20-10-16(20)14-32(26)24(35)11-17-13-31(27(30)36)22-6-5-18(12-19(17)22)37-9-8-33/h1-3,5-6,12-13,16,20,26,33H,4,7-11,14H2,(H2,30,36)/t16-,20-,26-/m0/s1. The molecule has 2 aromatic carbocycles. The van der Waals surface area contributed by atoms with Crippen molar-refractivity contribution in [3.63, 3.8) is 0 Å². The molecule has 37 heavy (non-hydrogen) atoms. The van der Waals surface area contributed by atoms with Gasteiger partial charge in [0.05, 0.1) is 29.6 Å². The third-order valence-electron chi connectivity index (χ3n) is 7.27. The van der Waals surface area contributed by atoms with Crippen molar-refractivity contribution in [1.82, 2.24) is 9.47 Å². The van der Waals surface area contributed by atoms with E-state index in [9.17, 15) is 18.8 Å². The van der Waals surface area contributed by atoms with Gasteiger partial charge in [0.25, 0.3) is 0 Å². The zero-order valence-electron chi connectivity index (χ0n) is 20.0. The van der Waals surface area contributed by atoms with Crippen LogP contribution in [0.1, 0.15) is 24.0 Å². The number of aryl methyl sites for hydroxylation is 1. The number of ether oxygens (including phenoxy) is 1. The second kappa shape index (κ2) is 10.1. The number of hydrogen-bond acceptors (Lipinski definition) is 5. The molecule has 8 nitrogen and oxygen atoms in total. The highest BCUT2D eigenvalue weighted by molar-refractivity contribution is 6.30. The topological polar surface area (TPSA) is 115 Å². The molecule has 3 N–H and O–H groups in total. The maximum Gasteiger partial charge on any atom is 0.323 e. The average molecular weight is 528 g/mol. The van der Waals surface area contributed by atoms with Gasteiger partial charge in [0.2, 0.25) is 5.91 Å². The van der Waals surface area contributed by atoms with Crippen LogP contribution in [0.5, 0.6) is 5.75 Å². The molecule has 2 aliphatic rings. The Balaban J connectivity index is 1.34. The zero-order valence-corrected chi connectivity index (χ0v) is 20.8. The Bertz CT molecular complexity index is 1390. The molecule has 0 bridgehead atoms. The van der Waals surface area contributed by atoms with Crippen LogP contribution in [0.25, 0.3) is 10.9 Å². The SMILES string of the molecule is NC(=O)n1cc(CC(=O)N2C[C@@H]3C[C@@H]3[C@H]2C(=O)CCc2cccc(Cl)c2F)c2cc(OCCO)ccc21. The normalized spacial score (nSPS) is 20.2. The summed E-state index contributed by atoms with van der Waals surface area (Å²) in [6, 6.07) is 8.54. The monoisotopic (exact) mass is 527 g/mol. The molecule has 1 aliphatic carbocycles. The van der Waals surface area contributed by atoms with E-state index in [0.29, 0.717) is 40.2 Å². The maximum absolute atomic E-state index is 14.3. The molecule has 3 aromatic rings. The number of ketones is 1. The van der Waals surface area contributed by atoms with Crippen LogP contribution in [0.2, 0.25) is 5.02 Å². The Labute approximate surface area is 217 Å². The number of Topliss-reactive ketones (excluding diaryl/α,β-unsaturated/α-hetero) is 1. The summed E-state index contributed by atoms with van der Waals surface area (Å²) < 4.78 is 21.0. The number of nitrogens with two attached hydrogens (primary N) is 1. The van der Waals surface area contributed by atoms with E-state index in [1.54, 1.807) is 35.2 Å². The van der Waals surface area contributed by atoms with Gasteiger partial charge >= 0.3 is 6.03 Å². The average Bonchev–Trinajstić information content (AvgIpc) is 3.39. The molecule has 2 heterocycles. The smallest absolute Gasteiger partial charge is 0.323 e. The van der Waals surface area contributed by atoms with Gasteiger partial charge in [-0.05, 0) is 60.1 Å². The first-order chi connectivity index (χ1) is 17.8. The number of primary amides is 1. The van der Waals surface area contributed by atoms with Gasteiger partial charge in [0, 0.05) is 24.5 Å². The van der Waals surface area contributed by atoms with Gasteiger partial charge in [0.1, 0.15) is 18.2 Å². The fourth-order valence-corrected chi connectivity index (χ4v) is 5.59. The molecule has 0 radical (unpaired) electrons. The van der Waals surface area contributed by atoms with Crippen molar-refractivity contribution in [3.8, 4) is 5.75 Å². The van der Waals surface area contributed by atoms with Gasteiger partial charge in [-0.3, -0.25) is 14.2 Å². The molecule has 1 saturated heterocycles. The Morgan fingerprint density at radius 3 is 2.76 bits per heavy atom. The van der Waals surface area contributed by atoms with Crippen molar-refractivity contribution in [2.45, 2.75) is 31.7 Å². The highest BCUT2D eigenvalue weighted by Crippen LogP contribution is 2.50. The van der Waals surface area contributed by atoms with Crippen LogP contribution in [-0.4, -0.2) is 58.1 Å². The third kappa shape index (κ3) is 4.93. The number of carbonyl (C=O) groups is 3. The van der Waals surface area contributed by atoms with Crippen LogP contribution in [0, 0.1) is 17.7 Å². The molecule has 1 saturated carbocycles. The number of aliphatic hydroxyl groups is 1. The molecule has 3 atom stereocenters. The molecule has 0 unspecified atom stereocenters. The number of fused-ring (bicyclic) bond motifs is 2. The zero-order chi connectivity index (χ0) is 26.3. The van der Waals surface area contributed by atoms with E-state index in [-0.39, 0.29) is 55.1 Å². The first-order valence-electron chi connectivity index (χ1n) is 12.2. The molecule has 194 valence electrons. The predicted molar refractivity (Wildman–Crippen MR) is 135 cm³/mol. The summed E-state index contributed by atoms with van der Waals surface area (Å²) in [5.41, 5.74) is 7.03. The minimum absolute atomic E-state index is 0.0184. The quantitative estimate of drug-likeness (QED) is 0.443. The summed E-state index contributed by atoms with van der Waals surface area (Å²) in [5, 5.41) is 9.69. The largest absolute Gasteiger partial charge is 0.491 e. The molecule has 10 heteroatoms. The number of amides is 2. The first kappa shape index (κ1) is 25.2. The van der Waals surface area contributed by atoms with Crippen molar-refractivity contribution in [2.24, 2.45) is 17.6 Å². The molecular formula is C27H27ClFN3O5. The van der Waals surface area contributed by atoms with E-state index >= 15 is 0 Å². The van der Waals surface area contributed by atoms with Crippen LogP contribution < -0.4 is 10.5 Å². The number of likely N-dealkylation sites (tertiary alicyclic amines) is 1.